The predicted octanol–water partition coefficient (Wildman–Crippen LogP) is 4.77. The van der Waals surface area contributed by atoms with Gasteiger partial charge < -0.3 is 4.43 Å². The first-order valence-electron chi connectivity index (χ1n) is 6.46. The molecule has 0 aromatic heterocycles. The van der Waals surface area contributed by atoms with Gasteiger partial charge in [-0.3, -0.25) is 0 Å². The zero-order valence-electron chi connectivity index (χ0n) is 11.3. The third-order valence-electron chi connectivity index (χ3n) is 2.94. The number of halogens is 1. The van der Waals surface area contributed by atoms with Crippen LogP contribution in [0, 0.1) is 5.82 Å². The standard InChI is InChI=1S/C14H23FOSi/c1-5-7-11-17(3,4)16-14-12(6-2)9-8-10-13(14)15/h8-10H,5-7,11H2,1-4H3. The highest BCUT2D eigenvalue weighted by atomic mass is 28.4. The molecule has 0 aliphatic rings. The van der Waals surface area contributed by atoms with E-state index in [9.17, 15) is 4.39 Å². The lowest BCUT2D eigenvalue weighted by Crippen LogP contribution is -2.34. The van der Waals surface area contributed by atoms with Crippen LogP contribution in [-0.4, -0.2) is 8.32 Å². The summed E-state index contributed by atoms with van der Waals surface area (Å²) in [5, 5.41) is 0. The minimum Gasteiger partial charge on any atom is -0.542 e. The molecule has 0 aliphatic heterocycles. The second kappa shape index (κ2) is 6.19. The molecular weight excluding hydrogens is 231 g/mol. The molecule has 0 radical (unpaired) electrons. The van der Waals surface area contributed by atoms with Crippen molar-refractivity contribution in [1.82, 2.24) is 0 Å². The largest absolute Gasteiger partial charge is 0.542 e. The van der Waals surface area contributed by atoms with E-state index in [-0.39, 0.29) is 5.82 Å². The molecule has 0 saturated carbocycles. The number of unbranched alkanes of at least 4 members (excludes halogenated alkanes) is 1. The Labute approximate surface area is 105 Å². The van der Waals surface area contributed by atoms with Gasteiger partial charge in [0.1, 0.15) is 5.75 Å². The van der Waals surface area contributed by atoms with Gasteiger partial charge in [-0.25, -0.2) is 4.39 Å². The molecule has 0 saturated heterocycles. The normalized spacial score (nSPS) is 11.6. The van der Waals surface area contributed by atoms with Crippen molar-refractivity contribution in [2.24, 2.45) is 0 Å². The molecule has 0 fully saturated rings. The van der Waals surface area contributed by atoms with Crippen molar-refractivity contribution in [3.8, 4) is 5.75 Å². The fraction of sp³-hybridized carbons (Fsp3) is 0.571. The quantitative estimate of drug-likeness (QED) is 0.664. The molecule has 96 valence electrons. The Morgan fingerprint density at radius 1 is 1.24 bits per heavy atom. The molecule has 0 heterocycles. The third-order valence-corrected chi connectivity index (χ3v) is 5.25. The maximum atomic E-state index is 13.8. The molecule has 0 amide bonds. The highest BCUT2D eigenvalue weighted by Crippen LogP contribution is 2.28. The van der Waals surface area contributed by atoms with Gasteiger partial charge in [-0.15, -0.1) is 0 Å². The summed E-state index contributed by atoms with van der Waals surface area (Å²) in [6.45, 7) is 8.52. The number of hydrogen-bond acceptors (Lipinski definition) is 1. The molecule has 3 heteroatoms. The topological polar surface area (TPSA) is 9.23 Å². The predicted molar refractivity (Wildman–Crippen MR) is 73.6 cm³/mol. The maximum absolute atomic E-state index is 13.8. The zero-order chi connectivity index (χ0) is 12.9. The molecule has 0 aliphatic carbocycles. The maximum Gasteiger partial charge on any atom is 0.245 e. The van der Waals surface area contributed by atoms with Gasteiger partial charge in [0, 0.05) is 0 Å². The van der Waals surface area contributed by atoms with Gasteiger partial charge in [0.15, 0.2) is 5.82 Å². The van der Waals surface area contributed by atoms with E-state index in [2.05, 4.69) is 20.0 Å². The molecular formula is C14H23FOSi. The lowest BCUT2D eigenvalue weighted by Gasteiger charge is -2.25. The van der Waals surface area contributed by atoms with Gasteiger partial charge in [-0.05, 0) is 37.2 Å². The van der Waals surface area contributed by atoms with E-state index in [0.717, 1.165) is 30.9 Å². The smallest absolute Gasteiger partial charge is 0.245 e. The number of hydrogen-bond donors (Lipinski definition) is 0. The zero-order valence-corrected chi connectivity index (χ0v) is 12.3. The van der Waals surface area contributed by atoms with Crippen LogP contribution in [0.25, 0.3) is 0 Å². The van der Waals surface area contributed by atoms with Gasteiger partial charge in [0.25, 0.3) is 0 Å². The second-order valence-electron chi connectivity index (χ2n) is 5.05. The Morgan fingerprint density at radius 2 is 1.94 bits per heavy atom. The van der Waals surface area contributed by atoms with Crippen LogP contribution in [0.1, 0.15) is 32.3 Å². The Morgan fingerprint density at radius 3 is 2.53 bits per heavy atom. The van der Waals surface area contributed by atoms with Crippen LogP contribution in [0.2, 0.25) is 19.1 Å². The van der Waals surface area contributed by atoms with Gasteiger partial charge in [-0.1, -0.05) is 38.8 Å². The molecule has 1 rings (SSSR count). The van der Waals surface area contributed by atoms with Gasteiger partial charge in [0.2, 0.25) is 8.32 Å². The number of aryl methyl sites for hydroxylation is 1. The lowest BCUT2D eigenvalue weighted by atomic mass is 10.1. The van der Waals surface area contributed by atoms with Gasteiger partial charge in [0.05, 0.1) is 0 Å². The summed E-state index contributed by atoms with van der Waals surface area (Å²) in [7, 11) is -1.78. The number of para-hydroxylation sites is 1. The van der Waals surface area contributed by atoms with E-state index < -0.39 is 8.32 Å². The molecule has 1 aromatic rings. The van der Waals surface area contributed by atoms with E-state index in [1.54, 1.807) is 6.07 Å². The van der Waals surface area contributed by atoms with Crippen LogP contribution in [0.15, 0.2) is 18.2 Å². The monoisotopic (exact) mass is 254 g/mol. The van der Waals surface area contributed by atoms with E-state index in [4.69, 9.17) is 4.43 Å². The minimum atomic E-state index is -1.78. The first-order chi connectivity index (χ1) is 8.00. The average molecular weight is 254 g/mol. The third kappa shape index (κ3) is 4.15. The van der Waals surface area contributed by atoms with E-state index >= 15 is 0 Å². The molecule has 0 atom stereocenters. The fourth-order valence-electron chi connectivity index (χ4n) is 1.88. The second-order valence-corrected chi connectivity index (χ2v) is 9.27. The van der Waals surface area contributed by atoms with Crippen molar-refractivity contribution >= 4 is 8.32 Å². The van der Waals surface area contributed by atoms with Crippen LogP contribution in [0.3, 0.4) is 0 Å². The Kier molecular flexibility index (Phi) is 5.19. The summed E-state index contributed by atoms with van der Waals surface area (Å²) in [4.78, 5) is 0. The summed E-state index contributed by atoms with van der Waals surface area (Å²) < 4.78 is 19.8. The summed E-state index contributed by atoms with van der Waals surface area (Å²) in [6, 6.07) is 6.27. The van der Waals surface area contributed by atoms with Crippen LogP contribution >= 0.6 is 0 Å². The van der Waals surface area contributed by atoms with Crippen molar-refractivity contribution in [1.29, 1.82) is 0 Å². The van der Waals surface area contributed by atoms with Crippen LogP contribution in [0.4, 0.5) is 4.39 Å². The van der Waals surface area contributed by atoms with Crippen molar-refractivity contribution in [2.75, 3.05) is 0 Å². The summed E-state index contributed by atoms with van der Waals surface area (Å²) in [5.41, 5.74) is 0.974. The molecule has 0 spiro atoms. The van der Waals surface area contributed by atoms with Gasteiger partial charge in [-0.2, -0.15) is 0 Å². The summed E-state index contributed by atoms with van der Waals surface area (Å²) in [5.74, 6) is 0.268. The fourth-order valence-corrected chi connectivity index (χ4v) is 3.96. The molecule has 17 heavy (non-hydrogen) atoms. The van der Waals surface area contributed by atoms with Crippen LogP contribution in [0.5, 0.6) is 5.75 Å². The molecule has 0 unspecified atom stereocenters. The summed E-state index contributed by atoms with van der Waals surface area (Å²) in [6.07, 6.45) is 3.14. The van der Waals surface area contributed by atoms with Crippen LogP contribution < -0.4 is 4.43 Å². The molecule has 1 nitrogen and oxygen atoms in total. The van der Waals surface area contributed by atoms with Crippen LogP contribution in [-0.2, 0) is 6.42 Å². The molecule has 0 bridgehead atoms. The Bertz CT molecular complexity index is 363. The van der Waals surface area contributed by atoms with Crippen molar-refractivity contribution in [2.45, 2.75) is 52.2 Å². The van der Waals surface area contributed by atoms with E-state index in [1.165, 1.54) is 6.07 Å². The van der Waals surface area contributed by atoms with Gasteiger partial charge >= 0.3 is 0 Å². The van der Waals surface area contributed by atoms with E-state index in [1.807, 2.05) is 13.0 Å². The highest BCUT2D eigenvalue weighted by Gasteiger charge is 2.25. The Balaban J connectivity index is 2.86. The van der Waals surface area contributed by atoms with Crippen molar-refractivity contribution in [3.63, 3.8) is 0 Å². The number of rotatable bonds is 6. The van der Waals surface area contributed by atoms with Crippen molar-refractivity contribution < 1.29 is 8.82 Å². The molecule has 1 aromatic carbocycles. The summed E-state index contributed by atoms with van der Waals surface area (Å²) >= 11 is 0. The minimum absolute atomic E-state index is 0.221. The number of benzene rings is 1. The molecule has 0 N–H and O–H groups in total. The lowest BCUT2D eigenvalue weighted by molar-refractivity contribution is 0.481. The first-order valence-corrected chi connectivity index (χ1v) is 9.58. The first kappa shape index (κ1) is 14.2. The van der Waals surface area contributed by atoms with E-state index in [0.29, 0.717) is 5.75 Å². The Hall–Kier alpha value is -0.833. The highest BCUT2D eigenvalue weighted by molar-refractivity contribution is 6.71. The SMILES string of the molecule is CCCC[Si](C)(C)Oc1c(F)cccc1CC. The van der Waals surface area contributed by atoms with Crippen molar-refractivity contribution in [3.05, 3.63) is 29.6 Å². The average Bonchev–Trinajstić information content (AvgIpc) is 2.29.